The number of ether oxygens (including phenoxy) is 7. The van der Waals surface area contributed by atoms with Crippen LogP contribution in [-0.4, -0.2) is 143 Å². The molecule has 2 bridgehead atoms. The number of rotatable bonds is 7. The zero-order valence-corrected chi connectivity index (χ0v) is 33.4. The van der Waals surface area contributed by atoms with Gasteiger partial charge < -0.3 is 58.1 Å². The summed E-state index contributed by atoms with van der Waals surface area (Å²) >= 11 is 0. The Morgan fingerprint density at radius 3 is 2.14 bits per heavy atom. The third-order valence-corrected chi connectivity index (χ3v) is 12.3. The van der Waals surface area contributed by atoms with E-state index in [4.69, 9.17) is 33.2 Å². The topological polar surface area (TPSA) is 163 Å². The summed E-state index contributed by atoms with van der Waals surface area (Å²) in [6.45, 7) is 18.0. The second-order valence-electron chi connectivity index (χ2n) is 17.5. The highest BCUT2D eigenvalue weighted by Crippen LogP contribution is 2.47. The van der Waals surface area contributed by atoms with E-state index >= 15 is 0 Å². The highest BCUT2D eigenvalue weighted by Gasteiger charge is 2.56. The van der Waals surface area contributed by atoms with Gasteiger partial charge in [-0.05, 0) is 60.5 Å². The molecule has 0 saturated carbocycles. The number of esters is 1. The van der Waals surface area contributed by atoms with Crippen molar-refractivity contribution in [1.29, 1.82) is 0 Å². The summed E-state index contributed by atoms with van der Waals surface area (Å²) in [7, 11) is 7.62. The molecule has 4 heterocycles. The van der Waals surface area contributed by atoms with Gasteiger partial charge in [-0.3, -0.25) is 4.79 Å². The van der Waals surface area contributed by atoms with Crippen LogP contribution < -0.4 is 0 Å². The van der Waals surface area contributed by atoms with Gasteiger partial charge in [-0.15, -0.1) is 0 Å². The summed E-state index contributed by atoms with van der Waals surface area (Å²) in [6, 6.07) is -0.184. The van der Waals surface area contributed by atoms with Gasteiger partial charge in [-0.1, -0.05) is 20.8 Å². The maximum atomic E-state index is 14.1. The molecule has 296 valence electrons. The van der Waals surface area contributed by atoms with E-state index in [9.17, 15) is 25.2 Å². The predicted octanol–water partition coefficient (Wildman–Crippen LogP) is 3.04. The third-order valence-electron chi connectivity index (χ3n) is 12.3. The van der Waals surface area contributed by atoms with Gasteiger partial charge in [0.15, 0.2) is 18.7 Å². The summed E-state index contributed by atoms with van der Waals surface area (Å²) in [5.41, 5.74) is -3.00. The number of fused-ring (bicyclic) bond motifs is 2. The van der Waals surface area contributed by atoms with Crippen molar-refractivity contribution in [1.82, 2.24) is 0 Å². The minimum absolute atomic E-state index is 0.174. The zero-order chi connectivity index (χ0) is 38.6. The Balaban J connectivity index is 1.85. The Morgan fingerprint density at radius 1 is 0.941 bits per heavy atom. The number of carbonyl (C=O) groups is 1. The SMILES string of the molecule is CC[C@H]1OC(=O)[C@H](C)[C@@H](O[C@H]2C[C@@](C)(OC)[C@@H](O)[C@H](C)O2)[C@H](C)[C@@H](O[C@@H]2O[C@H](C)C[C@H]([N+](C)(C)C)[C@H]2O)[C@@]2(C)CC(C)=C(O2)[C@H](C)[C@@H](O)[C@]1(C)O. The van der Waals surface area contributed by atoms with E-state index in [0.717, 1.165) is 5.57 Å². The first kappa shape index (κ1) is 42.4. The van der Waals surface area contributed by atoms with Crippen molar-refractivity contribution in [3.8, 4) is 0 Å². The number of methoxy groups -OCH3 is 1. The Kier molecular flexibility index (Phi) is 12.8. The average Bonchev–Trinajstić information content (AvgIpc) is 3.36. The maximum Gasteiger partial charge on any atom is 0.311 e. The molecule has 4 N–H and O–H groups in total. The number of aliphatic hydroxyl groups is 4. The van der Waals surface area contributed by atoms with E-state index in [1.54, 1.807) is 34.6 Å². The lowest BCUT2D eigenvalue weighted by atomic mass is 9.78. The summed E-state index contributed by atoms with van der Waals surface area (Å²) < 4.78 is 45.3. The molecule has 3 fully saturated rings. The van der Waals surface area contributed by atoms with Gasteiger partial charge in [0, 0.05) is 38.2 Å². The fourth-order valence-electron chi connectivity index (χ4n) is 8.99. The molecule has 3 saturated heterocycles. The molecule has 4 aliphatic rings. The van der Waals surface area contributed by atoms with Gasteiger partial charge in [-0.25, -0.2) is 0 Å². The Hall–Kier alpha value is -1.39. The third kappa shape index (κ3) is 8.33. The van der Waals surface area contributed by atoms with Crippen molar-refractivity contribution >= 4 is 5.97 Å². The van der Waals surface area contributed by atoms with Crippen LogP contribution >= 0.6 is 0 Å². The first-order chi connectivity index (χ1) is 23.4. The van der Waals surface area contributed by atoms with Gasteiger partial charge >= 0.3 is 5.97 Å². The smallest absolute Gasteiger partial charge is 0.311 e. The van der Waals surface area contributed by atoms with Crippen molar-refractivity contribution in [2.45, 2.75) is 179 Å². The molecule has 13 heteroatoms. The summed E-state index contributed by atoms with van der Waals surface area (Å²) in [5.74, 6) is -2.31. The fraction of sp³-hybridized carbons (Fsp3) is 0.921. The minimum atomic E-state index is -1.82. The van der Waals surface area contributed by atoms with Gasteiger partial charge in [0.05, 0.1) is 57.1 Å². The number of nitrogens with zero attached hydrogens (tertiary/aromatic N) is 1. The molecule has 0 aromatic rings. The number of hydrogen-bond acceptors (Lipinski definition) is 12. The molecule has 0 aliphatic carbocycles. The van der Waals surface area contributed by atoms with Crippen molar-refractivity contribution in [2.75, 3.05) is 28.3 Å². The minimum Gasteiger partial charge on any atom is -0.489 e. The van der Waals surface area contributed by atoms with Crippen LogP contribution in [0.5, 0.6) is 0 Å². The second kappa shape index (κ2) is 15.4. The number of likely N-dealkylation sites (N-methyl/N-ethyl adjacent to an activating group) is 1. The fourth-order valence-corrected chi connectivity index (χ4v) is 8.99. The quantitative estimate of drug-likeness (QED) is 0.224. The second-order valence-corrected chi connectivity index (χ2v) is 17.5. The van der Waals surface area contributed by atoms with Crippen LogP contribution in [0.4, 0.5) is 0 Å². The van der Waals surface area contributed by atoms with Gasteiger partial charge in [-0.2, -0.15) is 0 Å². The molecule has 4 aliphatic heterocycles. The first-order valence-corrected chi connectivity index (χ1v) is 18.8. The van der Waals surface area contributed by atoms with Crippen LogP contribution in [0.15, 0.2) is 11.3 Å². The molecular formula is C38H68NO12+. The Labute approximate surface area is 305 Å². The molecule has 4 rings (SSSR count). The van der Waals surface area contributed by atoms with E-state index in [1.165, 1.54) is 14.0 Å². The molecule has 0 aromatic heterocycles. The number of cyclic esters (lactones) is 1. The Bertz CT molecular complexity index is 1250. The van der Waals surface area contributed by atoms with Crippen LogP contribution in [0.25, 0.3) is 0 Å². The predicted molar refractivity (Wildman–Crippen MR) is 188 cm³/mol. The average molecular weight is 731 g/mol. The molecule has 51 heavy (non-hydrogen) atoms. The van der Waals surface area contributed by atoms with E-state index in [0.29, 0.717) is 23.1 Å². The molecular weight excluding hydrogens is 662 g/mol. The lowest BCUT2D eigenvalue weighted by Gasteiger charge is -2.49. The molecule has 13 nitrogen and oxygen atoms in total. The standard InChI is InChI=1S/C38H68NO12/c1-15-26-38(10,44)31(41)21(4)29-19(2)17-37(9,51-29)33(50-35-28(40)25(39(11,12)13)16-20(3)46-35)22(5)30(23(6)34(43)48-26)49-27-18-36(8,45-14)32(42)24(7)47-27/h20-28,30-33,35,40-42,44H,15-18H2,1-14H3/q+1/t20-,21+,22+,23-,24+,25+,26-,27+,28-,30+,31-,32+,33-,35+,36-,37-,38-/m1/s1. The number of hydrogen-bond donors (Lipinski definition) is 4. The number of aliphatic hydroxyl groups excluding tert-OH is 3. The molecule has 17 atom stereocenters. The number of carbonyl (C=O) groups excluding carboxylic acids is 1. The molecule has 0 unspecified atom stereocenters. The van der Waals surface area contributed by atoms with Gasteiger partial charge in [0.1, 0.15) is 41.3 Å². The normalized spacial score (nSPS) is 49.0. The molecule has 0 radical (unpaired) electrons. The van der Waals surface area contributed by atoms with Crippen LogP contribution in [0.3, 0.4) is 0 Å². The van der Waals surface area contributed by atoms with E-state index in [1.807, 2.05) is 48.8 Å². The maximum absolute atomic E-state index is 14.1. The van der Waals surface area contributed by atoms with Crippen molar-refractivity contribution < 1.29 is 62.9 Å². The van der Waals surface area contributed by atoms with Crippen molar-refractivity contribution in [2.24, 2.45) is 17.8 Å². The number of quaternary nitrogens is 1. The largest absolute Gasteiger partial charge is 0.489 e. The van der Waals surface area contributed by atoms with Gasteiger partial charge in [0.2, 0.25) is 0 Å². The summed E-state index contributed by atoms with van der Waals surface area (Å²) in [5, 5.41) is 46.1. The van der Waals surface area contributed by atoms with E-state index in [2.05, 4.69) is 0 Å². The highest BCUT2D eigenvalue weighted by atomic mass is 16.7. The molecule has 0 amide bonds. The van der Waals surface area contributed by atoms with E-state index < -0.39 is 95.8 Å². The van der Waals surface area contributed by atoms with Crippen molar-refractivity contribution in [3.05, 3.63) is 11.3 Å². The lowest BCUT2D eigenvalue weighted by molar-refractivity contribution is -0.903. The lowest BCUT2D eigenvalue weighted by Crippen LogP contribution is -2.63. The van der Waals surface area contributed by atoms with Crippen LogP contribution in [0.1, 0.15) is 94.9 Å². The first-order valence-electron chi connectivity index (χ1n) is 18.8. The Morgan fingerprint density at radius 2 is 1.57 bits per heavy atom. The summed E-state index contributed by atoms with van der Waals surface area (Å²) in [4.78, 5) is 14.1. The monoisotopic (exact) mass is 730 g/mol. The van der Waals surface area contributed by atoms with Crippen LogP contribution in [0, 0.1) is 17.8 Å². The van der Waals surface area contributed by atoms with E-state index in [-0.39, 0.29) is 25.0 Å². The van der Waals surface area contributed by atoms with Crippen molar-refractivity contribution in [3.63, 3.8) is 0 Å². The van der Waals surface area contributed by atoms with Gasteiger partial charge in [0.25, 0.3) is 0 Å². The van der Waals surface area contributed by atoms with Crippen LogP contribution in [0.2, 0.25) is 0 Å². The molecule has 0 spiro atoms. The molecule has 0 aromatic carbocycles. The zero-order valence-electron chi connectivity index (χ0n) is 33.4. The summed E-state index contributed by atoms with van der Waals surface area (Å²) in [6.07, 6.45) is -7.34. The highest BCUT2D eigenvalue weighted by molar-refractivity contribution is 5.73. The van der Waals surface area contributed by atoms with Crippen LogP contribution in [-0.2, 0) is 38.0 Å².